The first-order valence-corrected chi connectivity index (χ1v) is 12.7. The highest BCUT2D eigenvalue weighted by Crippen LogP contribution is 2.63. The van der Waals surface area contributed by atoms with Crippen LogP contribution >= 0.6 is 0 Å². The van der Waals surface area contributed by atoms with Gasteiger partial charge in [0.2, 0.25) is 5.78 Å². The van der Waals surface area contributed by atoms with Crippen LogP contribution in [0.2, 0.25) is 0 Å². The SMILES string of the molecule is CN(C)CCCc1ccc(O)c2c1C[C@@]1(C)C[C@@]3(C)[C@H](N(C)C)C(=O)C(C(N)=O)=C(O)[C@@]3(O)C(=O)C1=C2O. The number of fused-ring (bicyclic) bond motifs is 3. The topological polar surface area (TPSA) is 165 Å². The largest absolute Gasteiger partial charge is 0.508 e. The van der Waals surface area contributed by atoms with Gasteiger partial charge in [-0.25, -0.2) is 0 Å². The van der Waals surface area contributed by atoms with E-state index in [2.05, 4.69) is 4.90 Å². The molecule has 206 valence electrons. The van der Waals surface area contributed by atoms with E-state index < -0.39 is 57.0 Å². The molecule has 0 heterocycles. The highest BCUT2D eigenvalue weighted by molar-refractivity contribution is 6.25. The molecule has 4 atom stereocenters. The molecule has 10 heteroatoms. The van der Waals surface area contributed by atoms with Crippen molar-refractivity contribution >= 4 is 23.2 Å². The third-order valence-electron chi connectivity index (χ3n) is 8.66. The van der Waals surface area contributed by atoms with Crippen LogP contribution in [0.3, 0.4) is 0 Å². The first kappa shape index (κ1) is 27.8. The zero-order valence-corrected chi connectivity index (χ0v) is 22.8. The maximum absolute atomic E-state index is 14.2. The maximum Gasteiger partial charge on any atom is 0.255 e. The van der Waals surface area contributed by atoms with Crippen LogP contribution in [0, 0.1) is 10.8 Å². The first-order valence-electron chi connectivity index (χ1n) is 12.7. The van der Waals surface area contributed by atoms with Gasteiger partial charge < -0.3 is 31.1 Å². The summed E-state index contributed by atoms with van der Waals surface area (Å²) in [6.45, 7) is 4.15. The number of primary amides is 1. The molecule has 0 radical (unpaired) electrons. The molecule has 3 aliphatic carbocycles. The number of carbonyl (C=O) groups is 3. The van der Waals surface area contributed by atoms with Crippen molar-refractivity contribution in [2.75, 3.05) is 34.7 Å². The van der Waals surface area contributed by atoms with Crippen molar-refractivity contribution in [3.8, 4) is 5.75 Å². The molecular weight excluding hydrogens is 490 g/mol. The van der Waals surface area contributed by atoms with Crippen molar-refractivity contribution in [2.24, 2.45) is 16.6 Å². The molecule has 1 fully saturated rings. The van der Waals surface area contributed by atoms with E-state index in [0.717, 1.165) is 18.5 Å². The molecule has 1 aromatic rings. The van der Waals surface area contributed by atoms with Crippen LogP contribution in [0.25, 0.3) is 5.76 Å². The molecule has 1 aromatic carbocycles. The lowest BCUT2D eigenvalue weighted by atomic mass is 9.46. The van der Waals surface area contributed by atoms with E-state index >= 15 is 0 Å². The minimum atomic E-state index is -2.71. The summed E-state index contributed by atoms with van der Waals surface area (Å²) in [5.74, 6) is -4.85. The maximum atomic E-state index is 14.2. The van der Waals surface area contributed by atoms with Crippen LogP contribution in [-0.2, 0) is 27.2 Å². The molecule has 38 heavy (non-hydrogen) atoms. The number of aliphatic hydroxyl groups is 3. The zero-order valence-electron chi connectivity index (χ0n) is 22.8. The standard InChI is InChI=1S/C28H37N3O7/c1-26-12-15-14(8-7-11-30(3)4)9-10-16(32)17(15)20(33)19(26)24(36)28(38)23(35)18(25(29)37)21(34)22(31(5)6)27(28,2)13-26/h9-10,22,32-33,35,38H,7-8,11-13H2,1-6H3,(H2,29,37)/t22-,26+,27+,28-/m1/s1. The van der Waals surface area contributed by atoms with Crippen LogP contribution in [0.5, 0.6) is 5.75 Å². The molecule has 0 spiro atoms. The second kappa shape index (κ2) is 8.93. The molecule has 1 amide bonds. The van der Waals surface area contributed by atoms with Gasteiger partial charge in [-0.1, -0.05) is 19.9 Å². The molecule has 4 rings (SSSR count). The van der Waals surface area contributed by atoms with Crippen molar-refractivity contribution in [3.63, 3.8) is 0 Å². The number of phenolic OH excluding ortho intramolecular Hbond substituents is 1. The monoisotopic (exact) mass is 527 g/mol. The van der Waals surface area contributed by atoms with Gasteiger partial charge in [0.25, 0.3) is 5.91 Å². The van der Waals surface area contributed by atoms with Crippen LogP contribution in [-0.4, -0.2) is 94.1 Å². The van der Waals surface area contributed by atoms with Crippen molar-refractivity contribution in [1.82, 2.24) is 9.80 Å². The van der Waals surface area contributed by atoms with E-state index in [1.165, 1.54) is 17.9 Å². The number of rotatable bonds is 6. The van der Waals surface area contributed by atoms with Crippen molar-refractivity contribution in [3.05, 3.63) is 45.7 Å². The van der Waals surface area contributed by atoms with Gasteiger partial charge in [-0.2, -0.15) is 0 Å². The number of Topliss-reactive ketones (excluding diaryl/α,β-unsaturated/α-hetero) is 2. The van der Waals surface area contributed by atoms with Crippen molar-refractivity contribution in [2.45, 2.75) is 51.2 Å². The molecule has 1 saturated carbocycles. The van der Waals surface area contributed by atoms with Gasteiger partial charge in [0.15, 0.2) is 11.4 Å². The van der Waals surface area contributed by atoms with Crippen molar-refractivity contribution < 1.29 is 34.8 Å². The summed E-state index contributed by atoms with van der Waals surface area (Å²) in [5.41, 5.74) is 0.821. The Hall–Kier alpha value is -3.21. The van der Waals surface area contributed by atoms with E-state index in [-0.39, 0.29) is 29.7 Å². The lowest BCUT2D eigenvalue weighted by Crippen LogP contribution is -2.72. The summed E-state index contributed by atoms with van der Waals surface area (Å²) in [5, 5.41) is 45.3. The van der Waals surface area contributed by atoms with E-state index in [1.807, 2.05) is 20.2 Å². The number of hydrogen-bond donors (Lipinski definition) is 5. The van der Waals surface area contributed by atoms with Crippen molar-refractivity contribution in [1.29, 1.82) is 0 Å². The Morgan fingerprint density at radius 3 is 2.29 bits per heavy atom. The Labute approximate surface area is 222 Å². The fourth-order valence-electron chi connectivity index (χ4n) is 7.20. The zero-order chi connectivity index (χ0) is 28.5. The Balaban J connectivity index is 1.98. The lowest BCUT2D eigenvalue weighted by Gasteiger charge is -2.59. The molecule has 6 N–H and O–H groups in total. The highest BCUT2D eigenvalue weighted by Gasteiger charge is 2.72. The Morgan fingerprint density at radius 2 is 1.74 bits per heavy atom. The summed E-state index contributed by atoms with van der Waals surface area (Å²) in [4.78, 5) is 43.4. The average molecular weight is 528 g/mol. The summed E-state index contributed by atoms with van der Waals surface area (Å²) in [6, 6.07) is 2.12. The quantitative estimate of drug-likeness (QED) is 0.342. The Morgan fingerprint density at radius 1 is 1.11 bits per heavy atom. The first-order chi connectivity index (χ1) is 17.5. The molecule has 0 aliphatic heterocycles. The number of carbonyl (C=O) groups excluding carboxylic acids is 3. The number of hydrogen-bond acceptors (Lipinski definition) is 9. The van der Waals surface area contributed by atoms with Gasteiger partial charge in [0.1, 0.15) is 22.8 Å². The summed E-state index contributed by atoms with van der Waals surface area (Å²) < 4.78 is 0. The number of nitrogens with zero attached hydrogens (tertiary/aromatic N) is 2. The lowest BCUT2D eigenvalue weighted by molar-refractivity contribution is -0.176. The third-order valence-corrected chi connectivity index (χ3v) is 8.66. The van der Waals surface area contributed by atoms with Gasteiger partial charge in [-0.05, 0) is 77.6 Å². The molecule has 0 bridgehead atoms. The number of amides is 1. The van der Waals surface area contributed by atoms with Gasteiger partial charge in [-0.15, -0.1) is 0 Å². The summed E-state index contributed by atoms with van der Waals surface area (Å²) >= 11 is 0. The minimum absolute atomic E-state index is 0.0125. The van der Waals surface area contributed by atoms with Gasteiger partial charge in [-0.3, -0.25) is 19.3 Å². The number of benzene rings is 1. The van der Waals surface area contributed by atoms with Crippen LogP contribution in [0.15, 0.2) is 29.0 Å². The normalized spacial score (nSPS) is 31.0. The summed E-state index contributed by atoms with van der Waals surface area (Å²) in [6.07, 6.45) is 1.78. The second-order valence-electron chi connectivity index (χ2n) is 11.9. The molecular formula is C28H37N3O7. The number of aromatic hydroxyl groups is 1. The predicted molar refractivity (Wildman–Crippen MR) is 140 cm³/mol. The molecule has 3 aliphatic rings. The third kappa shape index (κ3) is 3.61. The number of aliphatic hydroxyl groups excluding tert-OH is 2. The second-order valence-corrected chi connectivity index (χ2v) is 11.9. The van der Waals surface area contributed by atoms with Crippen LogP contribution < -0.4 is 5.73 Å². The molecule has 0 aromatic heterocycles. The van der Waals surface area contributed by atoms with Gasteiger partial charge in [0, 0.05) is 16.4 Å². The number of nitrogens with two attached hydrogens (primary N) is 1. The summed E-state index contributed by atoms with van der Waals surface area (Å²) in [7, 11) is 7.12. The number of aryl methyl sites for hydroxylation is 1. The fourth-order valence-corrected chi connectivity index (χ4v) is 7.20. The van der Waals surface area contributed by atoms with Crippen LogP contribution in [0.4, 0.5) is 0 Å². The van der Waals surface area contributed by atoms with Gasteiger partial charge in [0.05, 0.1) is 11.6 Å². The minimum Gasteiger partial charge on any atom is -0.508 e. The highest BCUT2D eigenvalue weighted by atomic mass is 16.3. The van der Waals surface area contributed by atoms with E-state index in [4.69, 9.17) is 5.73 Å². The van der Waals surface area contributed by atoms with E-state index in [9.17, 15) is 34.8 Å². The van der Waals surface area contributed by atoms with Gasteiger partial charge >= 0.3 is 0 Å². The van der Waals surface area contributed by atoms with E-state index in [0.29, 0.717) is 12.0 Å². The Kier molecular flexibility index (Phi) is 6.54. The number of phenols is 1. The number of likely N-dealkylation sites (N-methyl/N-ethyl adjacent to an activating group) is 1. The number of ketones is 2. The molecule has 0 unspecified atom stereocenters. The van der Waals surface area contributed by atoms with E-state index in [1.54, 1.807) is 21.0 Å². The fraction of sp³-hybridized carbons (Fsp3) is 0.536. The average Bonchev–Trinajstić information content (AvgIpc) is 2.77. The molecule has 0 saturated heterocycles. The van der Waals surface area contributed by atoms with Crippen LogP contribution in [0.1, 0.15) is 43.4 Å². The predicted octanol–water partition coefficient (Wildman–Crippen LogP) is 1.24. The smallest absolute Gasteiger partial charge is 0.255 e. The Bertz CT molecular complexity index is 1310. The molecule has 10 nitrogen and oxygen atoms in total.